The second-order valence-corrected chi connectivity index (χ2v) is 7.93. The van der Waals surface area contributed by atoms with Gasteiger partial charge >= 0.3 is 5.97 Å². The standard InChI is InChI=1S/C24H23ClN2O3/c1-15(2)30-24(29)23-16(3)27(14-18-8-6-7-17(11-18)13-26)22(28)12-20(23)19-9-4-5-10-21(19)25/h4-11,15,20H,12,14H2,1-3H3/t20-/m1/s1. The SMILES string of the molecule is CC1=C(C(=O)OC(C)C)[C@@H](c2ccccc2Cl)CC(=O)N1Cc1cccc(C#N)c1. The van der Waals surface area contributed by atoms with E-state index in [1.54, 1.807) is 49.9 Å². The quantitative estimate of drug-likeness (QED) is 0.639. The number of allylic oxidation sites excluding steroid dienone is 1. The lowest BCUT2D eigenvalue weighted by Gasteiger charge is -2.35. The van der Waals surface area contributed by atoms with Gasteiger partial charge in [0.05, 0.1) is 29.9 Å². The maximum atomic E-state index is 13.1. The van der Waals surface area contributed by atoms with Gasteiger partial charge < -0.3 is 9.64 Å². The number of rotatable bonds is 5. The summed E-state index contributed by atoms with van der Waals surface area (Å²) in [7, 11) is 0. The molecule has 6 heteroatoms. The van der Waals surface area contributed by atoms with Gasteiger partial charge in [-0.2, -0.15) is 5.26 Å². The molecule has 0 saturated heterocycles. The van der Waals surface area contributed by atoms with Gasteiger partial charge in [0.25, 0.3) is 0 Å². The molecule has 2 aromatic rings. The monoisotopic (exact) mass is 422 g/mol. The van der Waals surface area contributed by atoms with E-state index in [-0.39, 0.29) is 25.0 Å². The first-order valence-corrected chi connectivity index (χ1v) is 10.1. The molecule has 0 spiro atoms. The zero-order chi connectivity index (χ0) is 21.8. The lowest BCUT2D eigenvalue weighted by molar-refractivity contribution is -0.143. The smallest absolute Gasteiger partial charge is 0.336 e. The third-order valence-corrected chi connectivity index (χ3v) is 5.41. The van der Waals surface area contributed by atoms with Crippen LogP contribution in [-0.4, -0.2) is 22.9 Å². The molecule has 0 aliphatic carbocycles. The van der Waals surface area contributed by atoms with Crippen LogP contribution >= 0.6 is 11.6 Å². The van der Waals surface area contributed by atoms with Crippen LogP contribution in [0, 0.1) is 11.3 Å². The van der Waals surface area contributed by atoms with E-state index in [0.29, 0.717) is 21.9 Å². The van der Waals surface area contributed by atoms with E-state index in [4.69, 9.17) is 21.6 Å². The van der Waals surface area contributed by atoms with Crippen LogP contribution in [0.25, 0.3) is 0 Å². The van der Waals surface area contributed by atoms with Crippen LogP contribution in [0.4, 0.5) is 0 Å². The van der Waals surface area contributed by atoms with Crippen LogP contribution in [0.3, 0.4) is 0 Å². The van der Waals surface area contributed by atoms with E-state index in [2.05, 4.69) is 6.07 Å². The van der Waals surface area contributed by atoms with Crippen molar-refractivity contribution in [3.63, 3.8) is 0 Å². The van der Waals surface area contributed by atoms with Crippen molar-refractivity contribution < 1.29 is 14.3 Å². The highest BCUT2D eigenvalue weighted by atomic mass is 35.5. The number of hydrogen-bond donors (Lipinski definition) is 0. The van der Waals surface area contributed by atoms with Crippen molar-refractivity contribution in [2.75, 3.05) is 0 Å². The zero-order valence-corrected chi connectivity index (χ0v) is 17.9. The largest absolute Gasteiger partial charge is 0.460 e. The normalized spacial score (nSPS) is 16.6. The number of nitrogens with zero attached hydrogens (tertiary/aromatic N) is 2. The summed E-state index contributed by atoms with van der Waals surface area (Å²) in [5.74, 6) is -1.03. The van der Waals surface area contributed by atoms with E-state index < -0.39 is 11.9 Å². The topological polar surface area (TPSA) is 70.4 Å². The molecule has 0 unspecified atom stereocenters. The molecule has 0 bridgehead atoms. The molecule has 0 fully saturated rings. The van der Waals surface area contributed by atoms with Gasteiger partial charge in [0.1, 0.15) is 0 Å². The molecule has 2 aromatic carbocycles. The highest BCUT2D eigenvalue weighted by Gasteiger charge is 2.38. The van der Waals surface area contributed by atoms with E-state index in [9.17, 15) is 9.59 Å². The van der Waals surface area contributed by atoms with Gasteiger partial charge in [-0.15, -0.1) is 0 Å². The predicted octanol–water partition coefficient (Wildman–Crippen LogP) is 4.95. The summed E-state index contributed by atoms with van der Waals surface area (Å²) in [5, 5.41) is 9.65. The number of carbonyl (C=O) groups excluding carboxylic acids is 2. The van der Waals surface area contributed by atoms with Crippen molar-refractivity contribution in [2.24, 2.45) is 0 Å². The third kappa shape index (κ3) is 4.55. The maximum absolute atomic E-state index is 13.1. The Balaban J connectivity index is 2.06. The van der Waals surface area contributed by atoms with Crippen LogP contribution in [-0.2, 0) is 20.9 Å². The Morgan fingerprint density at radius 3 is 2.67 bits per heavy atom. The van der Waals surface area contributed by atoms with Crippen LogP contribution < -0.4 is 0 Å². The number of benzene rings is 2. The van der Waals surface area contributed by atoms with Gasteiger partial charge in [0.2, 0.25) is 5.91 Å². The van der Waals surface area contributed by atoms with E-state index in [1.165, 1.54) is 0 Å². The molecule has 1 heterocycles. The Bertz CT molecular complexity index is 1050. The van der Waals surface area contributed by atoms with Crippen molar-refractivity contribution >= 4 is 23.5 Å². The highest BCUT2D eigenvalue weighted by molar-refractivity contribution is 6.31. The van der Waals surface area contributed by atoms with Gasteiger partial charge in [0, 0.05) is 23.1 Å². The Kier molecular flexibility index (Phi) is 6.59. The molecule has 1 aliphatic rings. The second-order valence-electron chi connectivity index (χ2n) is 7.52. The number of halogens is 1. The molecule has 0 radical (unpaired) electrons. The van der Waals surface area contributed by atoms with E-state index in [1.807, 2.05) is 24.3 Å². The van der Waals surface area contributed by atoms with Gasteiger partial charge in [-0.3, -0.25) is 4.79 Å². The molecule has 5 nitrogen and oxygen atoms in total. The number of nitriles is 1. The van der Waals surface area contributed by atoms with Gasteiger partial charge in [-0.1, -0.05) is 41.9 Å². The fourth-order valence-corrected chi connectivity index (χ4v) is 3.96. The Morgan fingerprint density at radius 2 is 2.00 bits per heavy atom. The number of amides is 1. The van der Waals surface area contributed by atoms with Crippen LogP contribution in [0.15, 0.2) is 59.8 Å². The summed E-state index contributed by atoms with van der Waals surface area (Å²) in [6.07, 6.45) is -0.176. The van der Waals surface area contributed by atoms with Crippen LogP contribution in [0.1, 0.15) is 49.8 Å². The molecular formula is C24H23ClN2O3. The summed E-state index contributed by atoms with van der Waals surface area (Å²) in [6, 6.07) is 16.4. The lowest BCUT2D eigenvalue weighted by atomic mass is 9.83. The number of ether oxygens (including phenoxy) is 1. The minimum atomic E-state index is -0.473. The molecule has 154 valence electrons. The first-order valence-electron chi connectivity index (χ1n) is 9.77. The first kappa shape index (κ1) is 21.6. The minimum absolute atomic E-state index is 0.110. The van der Waals surface area contributed by atoms with E-state index in [0.717, 1.165) is 11.1 Å². The van der Waals surface area contributed by atoms with Gasteiger partial charge in [0.15, 0.2) is 0 Å². The molecule has 0 saturated carbocycles. The molecule has 3 rings (SSSR count). The average molecular weight is 423 g/mol. The number of carbonyl (C=O) groups is 2. The van der Waals surface area contributed by atoms with Crippen molar-refractivity contribution in [1.29, 1.82) is 5.26 Å². The average Bonchev–Trinajstić information content (AvgIpc) is 2.70. The van der Waals surface area contributed by atoms with E-state index >= 15 is 0 Å². The molecule has 30 heavy (non-hydrogen) atoms. The predicted molar refractivity (Wildman–Crippen MR) is 114 cm³/mol. The summed E-state index contributed by atoms with van der Waals surface area (Å²) in [5.41, 5.74) is 3.05. The van der Waals surface area contributed by atoms with Gasteiger partial charge in [-0.25, -0.2) is 4.79 Å². The summed E-state index contributed by atoms with van der Waals surface area (Å²) < 4.78 is 5.50. The van der Waals surface area contributed by atoms with Crippen LogP contribution in [0.2, 0.25) is 5.02 Å². The molecule has 0 N–H and O–H groups in total. The Hall–Kier alpha value is -3.10. The number of esters is 1. The summed E-state index contributed by atoms with van der Waals surface area (Å²) in [4.78, 5) is 27.7. The maximum Gasteiger partial charge on any atom is 0.336 e. The van der Waals surface area contributed by atoms with Crippen molar-refractivity contribution in [3.8, 4) is 6.07 Å². The molecule has 1 aliphatic heterocycles. The van der Waals surface area contributed by atoms with Crippen molar-refractivity contribution in [3.05, 3.63) is 81.5 Å². The van der Waals surface area contributed by atoms with Crippen molar-refractivity contribution in [1.82, 2.24) is 4.90 Å². The lowest BCUT2D eigenvalue weighted by Crippen LogP contribution is -2.38. The fraction of sp³-hybridized carbons (Fsp3) is 0.292. The minimum Gasteiger partial charge on any atom is -0.460 e. The number of hydrogen-bond acceptors (Lipinski definition) is 4. The molecule has 0 aromatic heterocycles. The Labute approximate surface area is 181 Å². The fourth-order valence-electron chi connectivity index (χ4n) is 3.69. The molecule has 1 amide bonds. The first-order chi connectivity index (χ1) is 14.3. The van der Waals surface area contributed by atoms with Gasteiger partial charge in [-0.05, 0) is 50.1 Å². The summed E-state index contributed by atoms with van der Waals surface area (Å²) in [6.45, 7) is 5.61. The van der Waals surface area contributed by atoms with Crippen LogP contribution in [0.5, 0.6) is 0 Å². The second kappa shape index (κ2) is 9.15. The summed E-state index contributed by atoms with van der Waals surface area (Å²) >= 11 is 6.40. The third-order valence-electron chi connectivity index (χ3n) is 5.06. The molecule has 1 atom stereocenters. The molecular weight excluding hydrogens is 400 g/mol. The highest BCUT2D eigenvalue weighted by Crippen LogP contribution is 2.40. The zero-order valence-electron chi connectivity index (χ0n) is 17.2. The van der Waals surface area contributed by atoms with Crippen molar-refractivity contribution in [2.45, 2.75) is 45.8 Å². The Morgan fingerprint density at radius 1 is 1.27 bits per heavy atom.